The van der Waals surface area contributed by atoms with Crippen LogP contribution in [0.25, 0.3) is 0 Å². The lowest BCUT2D eigenvalue weighted by atomic mass is 10.0. The van der Waals surface area contributed by atoms with E-state index in [0.717, 1.165) is 24.3 Å². The van der Waals surface area contributed by atoms with Crippen LogP contribution in [0.3, 0.4) is 0 Å². The summed E-state index contributed by atoms with van der Waals surface area (Å²) < 4.78 is 5.49. The Morgan fingerprint density at radius 3 is 2.86 bits per heavy atom. The van der Waals surface area contributed by atoms with Crippen LogP contribution in [-0.4, -0.2) is 43.7 Å². The smallest absolute Gasteiger partial charge is 0.250 e. The van der Waals surface area contributed by atoms with Crippen LogP contribution in [0.1, 0.15) is 23.5 Å². The van der Waals surface area contributed by atoms with E-state index in [2.05, 4.69) is 27.2 Å². The molecule has 1 atom stereocenters. The molecule has 2 saturated heterocycles. The van der Waals surface area contributed by atoms with E-state index in [1.54, 1.807) is 30.2 Å². The Kier molecular flexibility index (Phi) is 5.10. The van der Waals surface area contributed by atoms with E-state index in [9.17, 15) is 4.79 Å². The SMILES string of the molecule is COc1nc(N2CCC(Nc3cccc(C#N)c3)C2=O)ccc1C1CNNC1. The van der Waals surface area contributed by atoms with Gasteiger partial charge < -0.3 is 10.1 Å². The summed E-state index contributed by atoms with van der Waals surface area (Å²) in [5.41, 5.74) is 8.57. The molecule has 1 aromatic heterocycles. The molecule has 2 fully saturated rings. The molecular formula is C20H22N6O2. The summed E-state index contributed by atoms with van der Waals surface area (Å²) in [5, 5.41) is 12.3. The molecule has 2 aromatic rings. The molecule has 0 radical (unpaired) electrons. The maximum atomic E-state index is 12.9. The van der Waals surface area contributed by atoms with Crippen LogP contribution in [0.15, 0.2) is 36.4 Å². The lowest BCUT2D eigenvalue weighted by Gasteiger charge is -2.19. The van der Waals surface area contributed by atoms with Crippen molar-refractivity contribution < 1.29 is 9.53 Å². The maximum absolute atomic E-state index is 12.9. The van der Waals surface area contributed by atoms with Crippen molar-refractivity contribution in [3.63, 3.8) is 0 Å². The average molecular weight is 378 g/mol. The Bertz CT molecular complexity index is 919. The molecule has 3 heterocycles. The predicted molar refractivity (Wildman–Crippen MR) is 105 cm³/mol. The molecule has 8 heteroatoms. The molecule has 0 bridgehead atoms. The number of nitriles is 1. The van der Waals surface area contributed by atoms with Crippen LogP contribution >= 0.6 is 0 Å². The minimum atomic E-state index is -0.343. The van der Waals surface area contributed by atoms with Gasteiger partial charge in [-0.3, -0.25) is 20.5 Å². The second-order valence-corrected chi connectivity index (χ2v) is 6.89. The number of pyridine rings is 1. The topological polar surface area (TPSA) is 102 Å². The van der Waals surface area contributed by atoms with Crippen LogP contribution in [-0.2, 0) is 4.79 Å². The van der Waals surface area contributed by atoms with E-state index in [0.29, 0.717) is 30.2 Å². The highest BCUT2D eigenvalue weighted by Gasteiger charge is 2.34. The Morgan fingerprint density at radius 1 is 1.29 bits per heavy atom. The lowest BCUT2D eigenvalue weighted by molar-refractivity contribution is -0.117. The Hall–Kier alpha value is -3.15. The number of aromatic nitrogens is 1. The number of carbonyl (C=O) groups is 1. The molecule has 0 spiro atoms. The fraction of sp³-hybridized carbons (Fsp3) is 0.350. The monoisotopic (exact) mass is 378 g/mol. The molecular weight excluding hydrogens is 356 g/mol. The highest BCUT2D eigenvalue weighted by Crippen LogP contribution is 2.30. The number of nitrogens with one attached hydrogen (secondary N) is 3. The number of hydrazine groups is 1. The van der Waals surface area contributed by atoms with E-state index in [-0.39, 0.29) is 17.9 Å². The van der Waals surface area contributed by atoms with Crippen LogP contribution in [0.4, 0.5) is 11.5 Å². The molecule has 28 heavy (non-hydrogen) atoms. The predicted octanol–water partition coefficient (Wildman–Crippen LogP) is 1.37. The van der Waals surface area contributed by atoms with Gasteiger partial charge in [0.1, 0.15) is 11.9 Å². The second kappa shape index (κ2) is 7.84. The van der Waals surface area contributed by atoms with E-state index < -0.39 is 0 Å². The third-order valence-electron chi connectivity index (χ3n) is 5.14. The number of ether oxygens (including phenoxy) is 1. The third kappa shape index (κ3) is 3.50. The number of benzene rings is 1. The molecule has 0 aliphatic carbocycles. The summed E-state index contributed by atoms with van der Waals surface area (Å²) >= 11 is 0. The standard InChI is InChI=1S/C20H22N6O2/c1-28-19-16(14-11-22-23-12-14)5-6-18(25-19)26-8-7-17(20(26)27)24-15-4-2-3-13(9-15)10-21/h2-6,9,14,17,22-24H,7-8,11-12H2,1H3. The molecule has 2 aliphatic rings. The molecule has 1 amide bonds. The van der Waals surface area contributed by atoms with Crippen molar-refractivity contribution in [3.8, 4) is 11.9 Å². The van der Waals surface area contributed by atoms with Gasteiger partial charge in [-0.25, -0.2) is 0 Å². The summed E-state index contributed by atoms with van der Waals surface area (Å²) in [6.07, 6.45) is 0.665. The second-order valence-electron chi connectivity index (χ2n) is 6.89. The van der Waals surface area contributed by atoms with Gasteiger partial charge in [-0.05, 0) is 36.8 Å². The summed E-state index contributed by atoms with van der Waals surface area (Å²) in [7, 11) is 1.60. The number of amides is 1. The molecule has 1 aromatic carbocycles. The van der Waals surface area contributed by atoms with Crippen molar-refractivity contribution >= 4 is 17.4 Å². The van der Waals surface area contributed by atoms with Crippen molar-refractivity contribution in [1.29, 1.82) is 5.26 Å². The quantitative estimate of drug-likeness (QED) is 0.722. The van der Waals surface area contributed by atoms with Gasteiger partial charge in [-0.2, -0.15) is 10.2 Å². The molecule has 1 unspecified atom stereocenters. The Morgan fingerprint density at radius 2 is 2.11 bits per heavy atom. The molecule has 0 saturated carbocycles. The fourth-order valence-electron chi connectivity index (χ4n) is 3.67. The number of hydrogen-bond donors (Lipinski definition) is 3. The number of hydrogen-bond acceptors (Lipinski definition) is 7. The van der Waals surface area contributed by atoms with E-state index in [4.69, 9.17) is 10.00 Å². The fourth-order valence-corrected chi connectivity index (χ4v) is 3.67. The normalized spacial score (nSPS) is 19.6. The number of rotatable bonds is 5. The first kappa shape index (κ1) is 18.2. The summed E-state index contributed by atoms with van der Waals surface area (Å²) in [4.78, 5) is 19.2. The highest BCUT2D eigenvalue weighted by molar-refractivity contribution is 6.00. The zero-order chi connectivity index (χ0) is 19.5. The van der Waals surface area contributed by atoms with Crippen LogP contribution in [0.5, 0.6) is 5.88 Å². The summed E-state index contributed by atoms with van der Waals surface area (Å²) in [6, 6.07) is 12.8. The van der Waals surface area contributed by atoms with Gasteiger partial charge in [0.15, 0.2) is 0 Å². The zero-order valence-corrected chi connectivity index (χ0v) is 15.6. The van der Waals surface area contributed by atoms with Crippen molar-refractivity contribution in [1.82, 2.24) is 15.8 Å². The first-order valence-corrected chi connectivity index (χ1v) is 9.28. The first-order valence-electron chi connectivity index (χ1n) is 9.28. The van der Waals surface area contributed by atoms with Crippen molar-refractivity contribution in [2.75, 3.05) is 37.0 Å². The first-order chi connectivity index (χ1) is 13.7. The average Bonchev–Trinajstić information content (AvgIpc) is 3.38. The third-order valence-corrected chi connectivity index (χ3v) is 5.14. The Labute approximate surface area is 163 Å². The number of nitrogens with zero attached hydrogens (tertiary/aromatic N) is 3. The highest BCUT2D eigenvalue weighted by atomic mass is 16.5. The summed E-state index contributed by atoms with van der Waals surface area (Å²) in [6.45, 7) is 2.21. The number of anilines is 2. The van der Waals surface area contributed by atoms with Crippen molar-refractivity contribution in [2.45, 2.75) is 18.4 Å². The molecule has 2 aliphatic heterocycles. The number of carbonyl (C=O) groups excluding carboxylic acids is 1. The van der Waals surface area contributed by atoms with Gasteiger partial charge in [0, 0.05) is 36.8 Å². The van der Waals surface area contributed by atoms with Gasteiger partial charge in [0.25, 0.3) is 5.91 Å². The minimum absolute atomic E-state index is 0.0335. The molecule has 3 N–H and O–H groups in total. The van der Waals surface area contributed by atoms with Gasteiger partial charge >= 0.3 is 0 Å². The summed E-state index contributed by atoms with van der Waals surface area (Å²) in [5.74, 6) is 1.40. The van der Waals surface area contributed by atoms with Crippen LogP contribution in [0, 0.1) is 11.3 Å². The molecule has 4 rings (SSSR count). The van der Waals surface area contributed by atoms with Crippen LogP contribution in [0.2, 0.25) is 0 Å². The lowest BCUT2D eigenvalue weighted by Crippen LogP contribution is -2.34. The number of methoxy groups -OCH3 is 1. The van der Waals surface area contributed by atoms with Crippen molar-refractivity contribution in [2.24, 2.45) is 0 Å². The van der Waals surface area contributed by atoms with Gasteiger partial charge in [-0.15, -0.1) is 0 Å². The van der Waals surface area contributed by atoms with Gasteiger partial charge in [-0.1, -0.05) is 6.07 Å². The van der Waals surface area contributed by atoms with E-state index >= 15 is 0 Å². The Balaban J connectivity index is 1.50. The largest absolute Gasteiger partial charge is 0.481 e. The van der Waals surface area contributed by atoms with Gasteiger partial charge in [0.2, 0.25) is 5.88 Å². The molecule has 8 nitrogen and oxygen atoms in total. The van der Waals surface area contributed by atoms with E-state index in [1.807, 2.05) is 18.2 Å². The zero-order valence-electron chi connectivity index (χ0n) is 15.6. The van der Waals surface area contributed by atoms with E-state index in [1.165, 1.54) is 0 Å². The van der Waals surface area contributed by atoms with Gasteiger partial charge in [0.05, 0.1) is 18.7 Å². The van der Waals surface area contributed by atoms with Crippen LogP contribution < -0.4 is 25.8 Å². The molecule has 144 valence electrons. The minimum Gasteiger partial charge on any atom is -0.481 e. The maximum Gasteiger partial charge on any atom is 0.250 e. The van der Waals surface area contributed by atoms with Crippen molar-refractivity contribution in [3.05, 3.63) is 47.5 Å².